The van der Waals surface area contributed by atoms with Crippen molar-refractivity contribution in [3.8, 4) is 0 Å². The van der Waals surface area contributed by atoms with Crippen LogP contribution >= 0.6 is 0 Å². The van der Waals surface area contributed by atoms with Gasteiger partial charge in [0.05, 0.1) is 18.8 Å². The number of hydrogen-bond acceptors (Lipinski definition) is 4. The summed E-state index contributed by atoms with van der Waals surface area (Å²) >= 11 is 0. The lowest BCUT2D eigenvalue weighted by Gasteiger charge is -2.34. The zero-order valence-corrected chi connectivity index (χ0v) is 15.2. The van der Waals surface area contributed by atoms with Crippen LogP contribution in [-0.2, 0) is 9.59 Å². The van der Waals surface area contributed by atoms with Gasteiger partial charge in [0.15, 0.2) is 0 Å². The van der Waals surface area contributed by atoms with E-state index in [9.17, 15) is 18.4 Å². The molecule has 1 aromatic carbocycles. The van der Waals surface area contributed by atoms with Crippen LogP contribution in [0.15, 0.2) is 35.4 Å². The van der Waals surface area contributed by atoms with Crippen molar-refractivity contribution in [1.82, 2.24) is 14.8 Å². The van der Waals surface area contributed by atoms with Crippen molar-refractivity contribution >= 4 is 17.5 Å². The van der Waals surface area contributed by atoms with Crippen molar-refractivity contribution in [3.63, 3.8) is 0 Å². The Kier molecular flexibility index (Phi) is 6.49. The molecule has 2 aliphatic heterocycles. The molecule has 0 aromatic heterocycles. The fourth-order valence-electron chi connectivity index (χ4n) is 3.35. The number of carbonyl (C=O) groups excluding carboxylic acids is 2. The highest BCUT2D eigenvalue weighted by atomic mass is 19.3. The van der Waals surface area contributed by atoms with E-state index >= 15 is 0 Å². The first-order valence-corrected chi connectivity index (χ1v) is 9.24. The van der Waals surface area contributed by atoms with Crippen molar-refractivity contribution < 1.29 is 18.4 Å². The number of piperazine rings is 1. The molecule has 2 amide bonds. The van der Waals surface area contributed by atoms with E-state index in [0.29, 0.717) is 39.1 Å². The minimum absolute atomic E-state index is 0.105. The summed E-state index contributed by atoms with van der Waals surface area (Å²) in [5.41, 5.74) is 1.89. The Morgan fingerprint density at radius 1 is 0.963 bits per heavy atom. The number of benzene rings is 1. The summed E-state index contributed by atoms with van der Waals surface area (Å²) < 4.78 is 24.8. The van der Waals surface area contributed by atoms with E-state index in [1.54, 1.807) is 9.80 Å². The zero-order valence-electron chi connectivity index (χ0n) is 15.2. The predicted octanol–water partition coefficient (Wildman–Crippen LogP) is 1.81. The summed E-state index contributed by atoms with van der Waals surface area (Å²) in [6, 6.07) is 9.72. The molecule has 27 heavy (non-hydrogen) atoms. The highest BCUT2D eigenvalue weighted by molar-refractivity contribution is 6.02. The Bertz CT molecular complexity index is 688. The van der Waals surface area contributed by atoms with Gasteiger partial charge in [0.1, 0.15) is 0 Å². The molecule has 1 fully saturated rings. The Morgan fingerprint density at radius 3 is 2.30 bits per heavy atom. The van der Waals surface area contributed by atoms with Gasteiger partial charge in [-0.3, -0.25) is 14.5 Å². The van der Waals surface area contributed by atoms with Crippen LogP contribution in [0.4, 0.5) is 8.78 Å². The standard InChI is InChI=1S/C19H24F2N4O2/c20-17(21)14-23-10-12-24(13-11-23)18(26)6-7-19(27)25-9-8-16(22-25)15-4-2-1-3-5-15/h1-5,17H,6-14H2. The van der Waals surface area contributed by atoms with Crippen LogP contribution in [-0.4, -0.2) is 78.0 Å². The van der Waals surface area contributed by atoms with Gasteiger partial charge in [-0.1, -0.05) is 30.3 Å². The summed E-state index contributed by atoms with van der Waals surface area (Å²) in [6.45, 7) is 2.03. The maximum atomic E-state index is 12.4. The van der Waals surface area contributed by atoms with E-state index in [4.69, 9.17) is 0 Å². The van der Waals surface area contributed by atoms with Crippen molar-refractivity contribution in [2.45, 2.75) is 25.7 Å². The summed E-state index contributed by atoms with van der Waals surface area (Å²) in [7, 11) is 0. The SMILES string of the molecule is O=C(CCC(=O)N1CCC(c2ccccc2)=N1)N1CCN(CC(F)F)CC1. The van der Waals surface area contributed by atoms with Crippen LogP contribution in [0.1, 0.15) is 24.8 Å². The van der Waals surface area contributed by atoms with E-state index in [1.807, 2.05) is 30.3 Å². The fourth-order valence-corrected chi connectivity index (χ4v) is 3.35. The second-order valence-corrected chi connectivity index (χ2v) is 6.75. The highest BCUT2D eigenvalue weighted by Gasteiger charge is 2.25. The molecule has 0 N–H and O–H groups in total. The zero-order chi connectivity index (χ0) is 19.2. The number of halogens is 2. The lowest BCUT2D eigenvalue weighted by Crippen LogP contribution is -2.49. The molecule has 1 saturated heterocycles. The molecule has 0 aliphatic carbocycles. The number of rotatable bonds is 6. The molecule has 8 heteroatoms. The molecular formula is C19H24F2N4O2. The lowest BCUT2D eigenvalue weighted by atomic mass is 10.1. The second-order valence-electron chi connectivity index (χ2n) is 6.75. The van der Waals surface area contributed by atoms with E-state index in [1.165, 1.54) is 5.01 Å². The second kappa shape index (κ2) is 9.03. The van der Waals surface area contributed by atoms with Gasteiger partial charge in [-0.25, -0.2) is 13.8 Å². The Morgan fingerprint density at radius 2 is 1.63 bits per heavy atom. The van der Waals surface area contributed by atoms with Crippen LogP contribution in [0.5, 0.6) is 0 Å². The molecule has 1 aromatic rings. The first-order valence-electron chi connectivity index (χ1n) is 9.24. The number of hydrogen-bond donors (Lipinski definition) is 0. The fraction of sp³-hybridized carbons (Fsp3) is 0.526. The molecule has 0 unspecified atom stereocenters. The molecule has 3 rings (SSSR count). The molecule has 0 spiro atoms. The average Bonchev–Trinajstić information content (AvgIpc) is 3.17. The van der Waals surface area contributed by atoms with E-state index < -0.39 is 6.43 Å². The van der Waals surface area contributed by atoms with Gasteiger partial charge in [-0.15, -0.1) is 0 Å². The smallest absolute Gasteiger partial charge is 0.251 e. The molecule has 2 aliphatic rings. The normalized spacial score (nSPS) is 18.1. The Labute approximate surface area is 157 Å². The molecule has 0 bridgehead atoms. The van der Waals surface area contributed by atoms with Gasteiger partial charge in [0.2, 0.25) is 11.8 Å². The van der Waals surface area contributed by atoms with Crippen molar-refractivity contribution in [3.05, 3.63) is 35.9 Å². The minimum Gasteiger partial charge on any atom is -0.340 e. The average molecular weight is 378 g/mol. The number of nitrogens with zero attached hydrogens (tertiary/aromatic N) is 4. The summed E-state index contributed by atoms with van der Waals surface area (Å²) in [4.78, 5) is 27.9. The first kappa shape index (κ1) is 19.4. The molecule has 2 heterocycles. The molecule has 0 saturated carbocycles. The van der Waals surface area contributed by atoms with Gasteiger partial charge in [0, 0.05) is 45.4 Å². The Hall–Kier alpha value is -2.35. The number of alkyl halides is 2. The number of hydrazone groups is 1. The minimum atomic E-state index is -2.35. The third-order valence-electron chi connectivity index (χ3n) is 4.87. The monoisotopic (exact) mass is 378 g/mol. The molecule has 0 radical (unpaired) electrons. The van der Waals surface area contributed by atoms with Crippen molar-refractivity contribution in [2.24, 2.45) is 5.10 Å². The summed E-state index contributed by atoms with van der Waals surface area (Å²) in [5.74, 6) is -0.267. The third-order valence-corrected chi connectivity index (χ3v) is 4.87. The van der Waals surface area contributed by atoms with Gasteiger partial charge >= 0.3 is 0 Å². The molecule has 146 valence electrons. The van der Waals surface area contributed by atoms with Gasteiger partial charge in [-0.05, 0) is 5.56 Å². The predicted molar refractivity (Wildman–Crippen MR) is 97.6 cm³/mol. The van der Waals surface area contributed by atoms with Crippen LogP contribution in [0.3, 0.4) is 0 Å². The molecule has 6 nitrogen and oxygen atoms in total. The summed E-state index contributed by atoms with van der Waals surface area (Å²) in [6.07, 6.45) is -1.41. The maximum Gasteiger partial charge on any atom is 0.251 e. The largest absolute Gasteiger partial charge is 0.340 e. The van der Waals surface area contributed by atoms with E-state index in [2.05, 4.69) is 5.10 Å². The van der Waals surface area contributed by atoms with Gasteiger partial charge in [-0.2, -0.15) is 5.10 Å². The third kappa shape index (κ3) is 5.32. The topological polar surface area (TPSA) is 56.2 Å². The molecule has 0 atom stereocenters. The van der Waals surface area contributed by atoms with Crippen LogP contribution in [0.25, 0.3) is 0 Å². The molecular weight excluding hydrogens is 354 g/mol. The van der Waals surface area contributed by atoms with Crippen molar-refractivity contribution in [1.29, 1.82) is 0 Å². The van der Waals surface area contributed by atoms with E-state index in [-0.39, 0.29) is 31.2 Å². The van der Waals surface area contributed by atoms with Crippen LogP contribution in [0.2, 0.25) is 0 Å². The highest BCUT2D eigenvalue weighted by Crippen LogP contribution is 2.15. The van der Waals surface area contributed by atoms with Crippen LogP contribution in [0, 0.1) is 0 Å². The Balaban J connectivity index is 1.43. The van der Waals surface area contributed by atoms with E-state index in [0.717, 1.165) is 11.3 Å². The summed E-state index contributed by atoms with van der Waals surface area (Å²) in [5, 5.41) is 5.82. The maximum absolute atomic E-state index is 12.4. The number of amides is 2. The van der Waals surface area contributed by atoms with Crippen molar-refractivity contribution in [2.75, 3.05) is 39.3 Å². The quantitative estimate of drug-likeness (QED) is 0.759. The number of carbonyl (C=O) groups is 2. The lowest BCUT2D eigenvalue weighted by molar-refractivity contribution is -0.138. The van der Waals surface area contributed by atoms with Gasteiger partial charge in [0.25, 0.3) is 6.43 Å². The van der Waals surface area contributed by atoms with Crippen LogP contribution < -0.4 is 0 Å². The van der Waals surface area contributed by atoms with Gasteiger partial charge < -0.3 is 4.90 Å². The first-order chi connectivity index (χ1) is 13.0.